The third-order valence-electron chi connectivity index (χ3n) is 3.87. The summed E-state index contributed by atoms with van der Waals surface area (Å²) in [6, 6.07) is 3.67. The van der Waals surface area contributed by atoms with Crippen LogP contribution in [0.4, 0.5) is 11.4 Å². The van der Waals surface area contributed by atoms with Crippen molar-refractivity contribution in [2.24, 2.45) is 5.92 Å². The van der Waals surface area contributed by atoms with Gasteiger partial charge in [-0.25, -0.2) is 0 Å². The molecule has 2 rings (SSSR count). The van der Waals surface area contributed by atoms with E-state index in [0.29, 0.717) is 12.5 Å². The molecule has 0 aromatic heterocycles. The minimum atomic E-state index is -0.996. The number of rotatable bonds is 9. The van der Waals surface area contributed by atoms with Crippen LogP contribution >= 0.6 is 0 Å². The summed E-state index contributed by atoms with van der Waals surface area (Å²) in [4.78, 5) is 33.4. The van der Waals surface area contributed by atoms with E-state index in [1.54, 1.807) is 6.92 Å². The summed E-state index contributed by atoms with van der Waals surface area (Å²) in [6.07, 6.45) is 3.17. The van der Waals surface area contributed by atoms with Crippen LogP contribution in [-0.4, -0.2) is 34.5 Å². The van der Waals surface area contributed by atoms with Gasteiger partial charge in [0.25, 0.3) is 11.6 Å². The Kier molecular flexibility index (Phi) is 5.73. The van der Waals surface area contributed by atoms with Crippen molar-refractivity contribution in [3.8, 4) is 0 Å². The lowest BCUT2D eigenvalue weighted by molar-refractivity contribution is -0.384. The lowest BCUT2D eigenvalue weighted by Crippen LogP contribution is -2.25. The van der Waals surface area contributed by atoms with Crippen LogP contribution in [0.25, 0.3) is 0 Å². The van der Waals surface area contributed by atoms with Crippen molar-refractivity contribution < 1.29 is 19.6 Å². The number of aliphatic carboxylic acids is 1. The van der Waals surface area contributed by atoms with Crippen molar-refractivity contribution in [3.63, 3.8) is 0 Å². The molecular formula is C16H21N3O5. The molecule has 0 aliphatic heterocycles. The highest BCUT2D eigenvalue weighted by atomic mass is 16.6. The van der Waals surface area contributed by atoms with E-state index in [1.807, 2.05) is 0 Å². The van der Waals surface area contributed by atoms with Gasteiger partial charge in [-0.3, -0.25) is 19.7 Å². The van der Waals surface area contributed by atoms with E-state index < -0.39 is 16.9 Å². The van der Waals surface area contributed by atoms with Crippen LogP contribution in [-0.2, 0) is 4.79 Å². The van der Waals surface area contributed by atoms with E-state index in [-0.39, 0.29) is 29.3 Å². The predicted molar refractivity (Wildman–Crippen MR) is 88.1 cm³/mol. The van der Waals surface area contributed by atoms with Gasteiger partial charge in [0.1, 0.15) is 5.69 Å². The Hall–Kier alpha value is -2.64. The number of amides is 1. The lowest BCUT2D eigenvalue weighted by atomic mass is 10.1. The van der Waals surface area contributed by atoms with Gasteiger partial charge in [-0.1, -0.05) is 12.8 Å². The molecular weight excluding hydrogens is 314 g/mol. The number of carbonyl (C=O) groups is 2. The van der Waals surface area contributed by atoms with E-state index >= 15 is 0 Å². The Bertz CT molecular complexity index is 643. The largest absolute Gasteiger partial charge is 0.481 e. The average Bonchev–Trinajstić information content (AvgIpc) is 3.30. The van der Waals surface area contributed by atoms with Crippen LogP contribution in [0, 0.1) is 16.0 Å². The second-order valence-corrected chi connectivity index (χ2v) is 6.12. The minimum absolute atomic E-state index is 0.166. The number of carboxylic acids is 1. The van der Waals surface area contributed by atoms with Gasteiger partial charge in [0.2, 0.25) is 0 Å². The monoisotopic (exact) mass is 335 g/mol. The maximum atomic E-state index is 12.1. The first-order valence-electron chi connectivity index (χ1n) is 7.91. The Balaban J connectivity index is 2.05. The van der Waals surface area contributed by atoms with Gasteiger partial charge in [0, 0.05) is 24.2 Å². The molecule has 1 amide bonds. The molecule has 8 heteroatoms. The van der Waals surface area contributed by atoms with Gasteiger partial charge in [0.15, 0.2) is 0 Å². The molecule has 1 aliphatic carbocycles. The van der Waals surface area contributed by atoms with Crippen LogP contribution in [0.2, 0.25) is 0 Å². The minimum Gasteiger partial charge on any atom is -0.481 e. The summed E-state index contributed by atoms with van der Waals surface area (Å²) < 4.78 is 0. The molecule has 0 radical (unpaired) electrons. The number of carboxylic acid groups (broad SMARTS) is 1. The average molecular weight is 335 g/mol. The Morgan fingerprint density at radius 1 is 1.42 bits per heavy atom. The van der Waals surface area contributed by atoms with E-state index in [2.05, 4.69) is 10.6 Å². The second kappa shape index (κ2) is 7.76. The van der Waals surface area contributed by atoms with Crippen molar-refractivity contribution in [1.29, 1.82) is 0 Å². The molecule has 24 heavy (non-hydrogen) atoms. The first-order valence-corrected chi connectivity index (χ1v) is 7.91. The van der Waals surface area contributed by atoms with Gasteiger partial charge in [-0.15, -0.1) is 0 Å². The van der Waals surface area contributed by atoms with Gasteiger partial charge >= 0.3 is 5.97 Å². The van der Waals surface area contributed by atoms with Crippen LogP contribution < -0.4 is 10.6 Å². The van der Waals surface area contributed by atoms with E-state index in [9.17, 15) is 19.7 Å². The molecule has 3 N–H and O–H groups in total. The first kappa shape index (κ1) is 17.7. The maximum Gasteiger partial charge on any atom is 0.305 e. The molecule has 1 atom stereocenters. The van der Waals surface area contributed by atoms with Crippen LogP contribution in [0.5, 0.6) is 0 Å². The standard InChI is InChI=1S/C16H21N3O5/c1-10(8-15(20)21)18-13-5-4-12(9-14(13)19(23)24)16(22)17-7-6-11-2-3-11/h4-5,9-11,18H,2-3,6-8H2,1H3,(H,17,22)(H,20,21). The highest BCUT2D eigenvalue weighted by Crippen LogP contribution is 2.31. The Morgan fingerprint density at radius 3 is 2.71 bits per heavy atom. The summed E-state index contributed by atoms with van der Waals surface area (Å²) in [7, 11) is 0. The summed E-state index contributed by atoms with van der Waals surface area (Å²) in [5, 5.41) is 25.6. The fourth-order valence-electron chi connectivity index (χ4n) is 2.42. The Morgan fingerprint density at radius 2 is 2.12 bits per heavy atom. The smallest absolute Gasteiger partial charge is 0.305 e. The quantitative estimate of drug-likeness (QED) is 0.470. The summed E-state index contributed by atoms with van der Waals surface area (Å²) in [5.41, 5.74) is 0.166. The van der Waals surface area contributed by atoms with E-state index in [1.165, 1.54) is 31.0 Å². The van der Waals surface area contributed by atoms with Crippen molar-refractivity contribution in [1.82, 2.24) is 5.32 Å². The number of carbonyl (C=O) groups excluding carboxylic acids is 1. The number of benzene rings is 1. The number of nitrogens with zero attached hydrogens (tertiary/aromatic N) is 1. The number of hydrogen-bond donors (Lipinski definition) is 3. The highest BCUT2D eigenvalue weighted by Gasteiger charge is 2.22. The molecule has 1 fully saturated rings. The third-order valence-corrected chi connectivity index (χ3v) is 3.87. The molecule has 1 aromatic rings. The zero-order valence-electron chi connectivity index (χ0n) is 13.4. The van der Waals surface area contributed by atoms with Gasteiger partial charge in [-0.05, 0) is 31.4 Å². The molecule has 1 saturated carbocycles. The van der Waals surface area contributed by atoms with Crippen molar-refractivity contribution in [2.75, 3.05) is 11.9 Å². The van der Waals surface area contributed by atoms with Gasteiger partial charge in [-0.2, -0.15) is 0 Å². The normalized spacial score (nSPS) is 14.7. The molecule has 0 heterocycles. The lowest BCUT2D eigenvalue weighted by Gasteiger charge is -2.14. The molecule has 1 aromatic carbocycles. The molecule has 8 nitrogen and oxygen atoms in total. The van der Waals surface area contributed by atoms with Crippen LogP contribution in [0.3, 0.4) is 0 Å². The number of nitro benzene ring substituents is 1. The Labute approximate surface area is 139 Å². The second-order valence-electron chi connectivity index (χ2n) is 6.12. The molecule has 0 bridgehead atoms. The molecule has 1 aliphatic rings. The molecule has 130 valence electrons. The van der Waals surface area contributed by atoms with E-state index in [4.69, 9.17) is 5.11 Å². The third kappa shape index (κ3) is 5.22. The first-order chi connectivity index (χ1) is 11.4. The summed E-state index contributed by atoms with van der Waals surface area (Å²) in [6.45, 7) is 2.18. The number of anilines is 1. The number of nitro groups is 1. The van der Waals surface area contributed by atoms with Gasteiger partial charge < -0.3 is 15.7 Å². The van der Waals surface area contributed by atoms with Crippen LogP contribution in [0.15, 0.2) is 18.2 Å². The SMILES string of the molecule is CC(CC(=O)O)Nc1ccc(C(=O)NCCC2CC2)cc1[N+](=O)[O-]. The van der Waals surface area contributed by atoms with Crippen LogP contribution in [0.1, 0.15) is 43.0 Å². The molecule has 1 unspecified atom stereocenters. The molecule has 0 saturated heterocycles. The van der Waals surface area contributed by atoms with Crippen molar-refractivity contribution >= 4 is 23.3 Å². The van der Waals surface area contributed by atoms with E-state index in [0.717, 1.165) is 6.42 Å². The maximum absolute atomic E-state index is 12.1. The number of hydrogen-bond acceptors (Lipinski definition) is 5. The zero-order chi connectivity index (χ0) is 17.7. The van der Waals surface area contributed by atoms with Crippen molar-refractivity contribution in [2.45, 2.75) is 38.6 Å². The molecule has 0 spiro atoms. The van der Waals surface area contributed by atoms with Gasteiger partial charge in [0.05, 0.1) is 11.3 Å². The summed E-state index contributed by atoms with van der Waals surface area (Å²) in [5.74, 6) is -0.643. The topological polar surface area (TPSA) is 122 Å². The number of nitrogens with one attached hydrogen (secondary N) is 2. The van der Waals surface area contributed by atoms with Crippen molar-refractivity contribution in [3.05, 3.63) is 33.9 Å². The zero-order valence-corrected chi connectivity index (χ0v) is 13.4. The fourth-order valence-corrected chi connectivity index (χ4v) is 2.42. The fraction of sp³-hybridized carbons (Fsp3) is 0.500. The predicted octanol–water partition coefficient (Wildman–Crippen LogP) is 2.40. The summed E-state index contributed by atoms with van der Waals surface area (Å²) >= 11 is 0. The highest BCUT2D eigenvalue weighted by molar-refractivity contribution is 5.95.